The fraction of sp³-hybridized carbons (Fsp3) is 0.350. The second-order valence-corrected chi connectivity index (χ2v) is 7.74. The molecule has 1 atom stereocenters. The minimum absolute atomic E-state index is 0.0578. The first kappa shape index (κ1) is 19.3. The van der Waals surface area contributed by atoms with E-state index in [1.165, 1.54) is 33.8 Å². The summed E-state index contributed by atoms with van der Waals surface area (Å²) in [5.74, 6) is -1.18. The number of carbonyl (C=O) groups excluding carboxylic acids is 1. The summed E-state index contributed by atoms with van der Waals surface area (Å²) >= 11 is 0. The van der Waals surface area contributed by atoms with Crippen LogP contribution in [0.5, 0.6) is 5.88 Å². The van der Waals surface area contributed by atoms with Crippen LogP contribution < -0.4 is 16.2 Å². The van der Waals surface area contributed by atoms with Crippen molar-refractivity contribution in [2.75, 3.05) is 0 Å². The summed E-state index contributed by atoms with van der Waals surface area (Å²) in [5.41, 5.74) is 5.38. The third-order valence-electron chi connectivity index (χ3n) is 5.72. The molecule has 1 aliphatic carbocycles. The maximum Gasteiger partial charge on any atom is 0.346 e. The number of rotatable bonds is 5. The third-order valence-corrected chi connectivity index (χ3v) is 5.72. The van der Waals surface area contributed by atoms with Gasteiger partial charge < -0.3 is 10.5 Å². The molecule has 3 heterocycles. The van der Waals surface area contributed by atoms with Gasteiger partial charge in [0.15, 0.2) is 0 Å². The molecule has 2 aromatic heterocycles. The zero-order valence-corrected chi connectivity index (χ0v) is 16.2. The molecule has 3 aromatic rings. The van der Waals surface area contributed by atoms with Gasteiger partial charge in [0.05, 0.1) is 12.1 Å². The predicted molar refractivity (Wildman–Crippen MR) is 103 cm³/mol. The number of amides is 1. The van der Waals surface area contributed by atoms with Crippen molar-refractivity contribution in [3.8, 4) is 5.88 Å². The fourth-order valence-corrected chi connectivity index (χ4v) is 4.18. The minimum Gasteiger partial charge on any atom is -0.474 e. The largest absolute Gasteiger partial charge is 0.474 e. The number of nitrogens with two attached hydrogens (primary N) is 1. The van der Waals surface area contributed by atoms with E-state index < -0.39 is 23.6 Å². The number of primary amides is 1. The molecule has 1 aromatic carbocycles. The van der Waals surface area contributed by atoms with Crippen LogP contribution in [0.25, 0.3) is 0 Å². The molecular formula is C20H18F2N6O3. The van der Waals surface area contributed by atoms with Crippen LogP contribution >= 0.6 is 0 Å². The lowest BCUT2D eigenvalue weighted by atomic mass is 9.89. The van der Waals surface area contributed by atoms with E-state index in [4.69, 9.17) is 10.5 Å². The number of hydrogen-bond donors (Lipinski definition) is 1. The van der Waals surface area contributed by atoms with Gasteiger partial charge in [-0.25, -0.2) is 28.2 Å². The van der Waals surface area contributed by atoms with E-state index in [0.29, 0.717) is 37.1 Å². The lowest BCUT2D eigenvalue weighted by Crippen LogP contribution is -2.41. The highest BCUT2D eigenvalue weighted by Gasteiger charge is 2.38. The molecule has 1 saturated carbocycles. The number of aryl methyl sites for hydroxylation is 1. The normalized spacial score (nSPS) is 22.1. The van der Waals surface area contributed by atoms with E-state index in [-0.39, 0.29) is 29.4 Å². The van der Waals surface area contributed by atoms with Crippen molar-refractivity contribution in [1.82, 2.24) is 24.3 Å². The molecule has 11 heteroatoms. The molecule has 9 nitrogen and oxygen atoms in total. The van der Waals surface area contributed by atoms with Crippen molar-refractivity contribution in [2.24, 2.45) is 5.73 Å². The number of fused-ring (bicyclic) bond motifs is 1. The highest BCUT2D eigenvalue weighted by atomic mass is 19.1. The first-order valence-corrected chi connectivity index (χ1v) is 9.83. The zero-order chi connectivity index (χ0) is 21.7. The Bertz CT molecular complexity index is 1210. The molecule has 0 spiro atoms. The van der Waals surface area contributed by atoms with Gasteiger partial charge in [0.2, 0.25) is 5.88 Å². The topological polar surface area (TPSA) is 118 Å². The summed E-state index contributed by atoms with van der Waals surface area (Å²) in [6.45, 7) is 0. The van der Waals surface area contributed by atoms with Crippen molar-refractivity contribution in [1.29, 1.82) is 0 Å². The van der Waals surface area contributed by atoms with Gasteiger partial charge in [0.1, 0.15) is 35.6 Å². The average molecular weight is 428 g/mol. The molecule has 31 heavy (non-hydrogen) atoms. The third kappa shape index (κ3) is 3.45. The summed E-state index contributed by atoms with van der Waals surface area (Å²) in [4.78, 5) is 31.9. The lowest BCUT2D eigenvalue weighted by Gasteiger charge is -2.34. The Balaban J connectivity index is 1.31. The van der Waals surface area contributed by atoms with Crippen LogP contribution in [0.15, 0.2) is 35.4 Å². The van der Waals surface area contributed by atoms with E-state index in [0.717, 1.165) is 6.07 Å². The van der Waals surface area contributed by atoms with Crippen LogP contribution in [-0.4, -0.2) is 36.3 Å². The monoisotopic (exact) mass is 428 g/mol. The number of hydrogen-bond acceptors (Lipinski definition) is 6. The van der Waals surface area contributed by atoms with Crippen LogP contribution in [0.4, 0.5) is 8.78 Å². The summed E-state index contributed by atoms with van der Waals surface area (Å²) in [5, 5.41) is 4.45. The molecule has 0 unspecified atom stereocenters. The Hall–Kier alpha value is -3.63. The molecular weight excluding hydrogens is 410 g/mol. The van der Waals surface area contributed by atoms with Gasteiger partial charge in [-0.2, -0.15) is 5.10 Å². The van der Waals surface area contributed by atoms with E-state index in [2.05, 4.69) is 15.1 Å². The molecule has 0 saturated heterocycles. The van der Waals surface area contributed by atoms with Gasteiger partial charge in [-0.15, -0.1) is 0 Å². The van der Waals surface area contributed by atoms with E-state index in [1.54, 1.807) is 0 Å². The highest BCUT2D eigenvalue weighted by molar-refractivity contribution is 5.90. The SMILES string of the molecule is NC(=O)c1cc(OC2CC(n3nc4n(c3=O)[C@H](c3cc(F)cc(F)c3)CC4)C2)ncn1. The fourth-order valence-electron chi connectivity index (χ4n) is 4.18. The Kier molecular flexibility index (Phi) is 4.53. The molecule has 0 radical (unpaired) electrons. The number of benzene rings is 1. The maximum absolute atomic E-state index is 13.6. The van der Waals surface area contributed by atoms with Crippen molar-refractivity contribution in [3.63, 3.8) is 0 Å². The second kappa shape index (κ2) is 7.25. The van der Waals surface area contributed by atoms with Crippen LogP contribution in [-0.2, 0) is 6.42 Å². The number of ether oxygens (including phenoxy) is 1. The van der Waals surface area contributed by atoms with Crippen molar-refractivity contribution in [2.45, 2.75) is 43.9 Å². The summed E-state index contributed by atoms with van der Waals surface area (Å²) in [6.07, 6.45) is 3.18. The lowest BCUT2D eigenvalue weighted by molar-refractivity contribution is 0.0581. The first-order chi connectivity index (χ1) is 14.9. The van der Waals surface area contributed by atoms with Crippen molar-refractivity contribution < 1.29 is 18.3 Å². The summed E-state index contributed by atoms with van der Waals surface area (Å²) < 4.78 is 36.0. The minimum atomic E-state index is -0.675. The van der Waals surface area contributed by atoms with Crippen LogP contribution in [0.3, 0.4) is 0 Å². The smallest absolute Gasteiger partial charge is 0.346 e. The molecule has 1 amide bonds. The molecule has 1 aliphatic heterocycles. The van der Waals surface area contributed by atoms with Crippen LogP contribution in [0.2, 0.25) is 0 Å². The average Bonchev–Trinajstić information content (AvgIpc) is 3.24. The Morgan fingerprint density at radius 1 is 1.13 bits per heavy atom. The number of halogens is 2. The summed E-state index contributed by atoms with van der Waals surface area (Å²) in [7, 11) is 0. The Morgan fingerprint density at radius 3 is 2.58 bits per heavy atom. The molecule has 2 N–H and O–H groups in total. The van der Waals surface area contributed by atoms with E-state index in [1.807, 2.05) is 0 Å². The standard InChI is InChI=1S/C20H18F2N6O3/c21-11-3-10(4-12(22)5-11)16-1-2-17-26-28(20(30)27(16)17)13-6-14(7-13)31-18-8-15(19(23)29)24-9-25-18/h3-5,8-9,13-14,16H,1-2,6-7H2,(H2,23,29)/t13?,14?,16-/m0/s1. The summed E-state index contributed by atoms with van der Waals surface area (Å²) in [6, 6.07) is 4.09. The van der Waals surface area contributed by atoms with Gasteiger partial charge in [-0.05, 0) is 24.1 Å². The number of nitrogens with zero attached hydrogens (tertiary/aromatic N) is 5. The molecule has 1 fully saturated rings. The van der Waals surface area contributed by atoms with E-state index in [9.17, 15) is 18.4 Å². The van der Waals surface area contributed by atoms with Gasteiger partial charge in [0, 0.05) is 31.4 Å². The quantitative estimate of drug-likeness (QED) is 0.659. The number of carbonyl (C=O) groups is 1. The molecule has 0 bridgehead atoms. The second-order valence-electron chi connectivity index (χ2n) is 7.74. The van der Waals surface area contributed by atoms with Gasteiger partial charge >= 0.3 is 5.69 Å². The van der Waals surface area contributed by atoms with Crippen LogP contribution in [0.1, 0.15) is 53.2 Å². The maximum atomic E-state index is 13.6. The van der Waals surface area contributed by atoms with Gasteiger partial charge in [-0.1, -0.05) is 0 Å². The van der Waals surface area contributed by atoms with Gasteiger partial charge in [-0.3, -0.25) is 9.36 Å². The molecule has 160 valence electrons. The van der Waals surface area contributed by atoms with Crippen molar-refractivity contribution >= 4 is 5.91 Å². The zero-order valence-electron chi connectivity index (χ0n) is 16.2. The van der Waals surface area contributed by atoms with Crippen molar-refractivity contribution in [3.05, 3.63) is 69.8 Å². The van der Waals surface area contributed by atoms with Crippen LogP contribution in [0, 0.1) is 11.6 Å². The predicted octanol–water partition coefficient (Wildman–Crippen LogP) is 1.53. The highest BCUT2D eigenvalue weighted by Crippen LogP contribution is 2.36. The number of aromatic nitrogens is 5. The first-order valence-electron chi connectivity index (χ1n) is 9.83. The molecule has 2 aliphatic rings. The van der Waals surface area contributed by atoms with Gasteiger partial charge in [0.25, 0.3) is 5.91 Å². The Labute approximate surface area is 174 Å². The molecule has 5 rings (SSSR count). The Morgan fingerprint density at radius 2 is 1.87 bits per heavy atom. The van der Waals surface area contributed by atoms with E-state index >= 15 is 0 Å².